The Morgan fingerprint density at radius 1 is 1.28 bits per heavy atom. The van der Waals surface area contributed by atoms with E-state index in [9.17, 15) is 0 Å². The molecule has 0 aromatic heterocycles. The van der Waals surface area contributed by atoms with E-state index < -0.39 is 0 Å². The second kappa shape index (κ2) is 4.27. The second-order valence-electron chi connectivity index (χ2n) is 6.12. The Bertz CT molecular complexity index is 440. The summed E-state index contributed by atoms with van der Waals surface area (Å²) < 4.78 is 0. The molecule has 1 fully saturated rings. The van der Waals surface area contributed by atoms with Gasteiger partial charge in [-0.2, -0.15) is 0 Å². The fourth-order valence-corrected chi connectivity index (χ4v) is 3.73. The maximum Gasteiger partial charge on any atom is 0.0354 e. The molecule has 0 spiro atoms. The molecule has 1 aliphatic heterocycles. The summed E-state index contributed by atoms with van der Waals surface area (Å²) in [6, 6.07) is 7.14. The van der Waals surface area contributed by atoms with Gasteiger partial charge in [0.2, 0.25) is 0 Å². The van der Waals surface area contributed by atoms with Crippen molar-refractivity contribution in [3.05, 3.63) is 29.3 Å². The molecule has 2 aliphatic rings. The first-order valence-corrected chi connectivity index (χ1v) is 7.30. The van der Waals surface area contributed by atoms with Gasteiger partial charge in [-0.05, 0) is 54.4 Å². The van der Waals surface area contributed by atoms with Crippen LogP contribution >= 0.6 is 0 Å². The molecule has 1 atom stereocenters. The van der Waals surface area contributed by atoms with Gasteiger partial charge in [-0.3, -0.25) is 4.90 Å². The molecular weight excluding hydrogens is 220 g/mol. The van der Waals surface area contributed by atoms with Crippen LogP contribution in [0, 0.1) is 5.41 Å². The Morgan fingerprint density at radius 3 is 2.67 bits per heavy atom. The molecule has 3 rings (SSSR count). The number of anilines is 1. The van der Waals surface area contributed by atoms with E-state index in [0.717, 1.165) is 5.69 Å². The van der Waals surface area contributed by atoms with E-state index in [0.29, 0.717) is 11.5 Å². The van der Waals surface area contributed by atoms with Crippen molar-refractivity contribution in [3.63, 3.8) is 0 Å². The van der Waals surface area contributed by atoms with Crippen molar-refractivity contribution < 1.29 is 0 Å². The zero-order valence-electron chi connectivity index (χ0n) is 11.6. The van der Waals surface area contributed by atoms with Crippen molar-refractivity contribution in [1.82, 2.24) is 4.90 Å². The lowest BCUT2D eigenvalue weighted by Crippen LogP contribution is -2.56. The number of nitrogen functional groups attached to an aromatic ring is 1. The third kappa shape index (κ3) is 1.74. The highest BCUT2D eigenvalue weighted by atomic mass is 15.2. The standard InChI is InChI=1S/C16H24N2/c1-3-16(4-2)10-18(11-16)15-8-5-12-9-13(17)6-7-14(12)15/h6-7,9,15H,3-5,8,10-11,17H2,1-2H3. The Labute approximate surface area is 110 Å². The minimum absolute atomic E-state index is 0.608. The third-order valence-corrected chi connectivity index (χ3v) is 5.23. The Kier molecular flexibility index (Phi) is 2.86. The zero-order valence-corrected chi connectivity index (χ0v) is 11.6. The summed E-state index contributed by atoms with van der Waals surface area (Å²) in [6.07, 6.45) is 5.12. The molecule has 0 radical (unpaired) electrons. The van der Waals surface area contributed by atoms with Crippen LogP contribution in [0.25, 0.3) is 0 Å². The topological polar surface area (TPSA) is 29.3 Å². The van der Waals surface area contributed by atoms with Gasteiger partial charge < -0.3 is 5.73 Å². The van der Waals surface area contributed by atoms with Crippen LogP contribution in [0.3, 0.4) is 0 Å². The van der Waals surface area contributed by atoms with Crippen molar-refractivity contribution in [2.24, 2.45) is 5.41 Å². The number of nitrogens with two attached hydrogens (primary N) is 1. The van der Waals surface area contributed by atoms with Gasteiger partial charge in [-0.25, -0.2) is 0 Å². The van der Waals surface area contributed by atoms with Gasteiger partial charge in [-0.1, -0.05) is 19.9 Å². The Morgan fingerprint density at radius 2 is 2.00 bits per heavy atom. The summed E-state index contributed by atoms with van der Waals surface area (Å²) in [5, 5.41) is 0. The van der Waals surface area contributed by atoms with E-state index in [1.165, 1.54) is 49.9 Å². The molecule has 1 unspecified atom stereocenters. The van der Waals surface area contributed by atoms with Crippen LogP contribution in [0.2, 0.25) is 0 Å². The highest BCUT2D eigenvalue weighted by Gasteiger charge is 2.44. The maximum absolute atomic E-state index is 5.87. The zero-order chi connectivity index (χ0) is 12.8. The van der Waals surface area contributed by atoms with E-state index in [1.807, 2.05) is 0 Å². The lowest BCUT2D eigenvalue weighted by molar-refractivity contribution is -0.0375. The number of fused-ring (bicyclic) bond motifs is 1. The number of hydrogen-bond donors (Lipinski definition) is 1. The van der Waals surface area contributed by atoms with Crippen LogP contribution < -0.4 is 5.73 Å². The van der Waals surface area contributed by atoms with E-state index in [1.54, 1.807) is 0 Å². The Balaban J connectivity index is 1.75. The summed E-state index contributed by atoms with van der Waals surface area (Å²) in [5.74, 6) is 0. The molecule has 0 amide bonds. The average Bonchev–Trinajstić information content (AvgIpc) is 2.72. The van der Waals surface area contributed by atoms with Crippen LogP contribution in [0.1, 0.15) is 50.3 Å². The van der Waals surface area contributed by atoms with Crippen molar-refractivity contribution in [2.75, 3.05) is 18.8 Å². The van der Waals surface area contributed by atoms with Crippen LogP contribution in [0.5, 0.6) is 0 Å². The number of hydrogen-bond acceptors (Lipinski definition) is 2. The summed E-state index contributed by atoms with van der Waals surface area (Å²) in [5.41, 5.74) is 10.4. The molecule has 2 heteroatoms. The molecule has 0 bridgehead atoms. The van der Waals surface area contributed by atoms with Gasteiger partial charge in [0.05, 0.1) is 0 Å². The van der Waals surface area contributed by atoms with E-state index in [4.69, 9.17) is 5.73 Å². The highest BCUT2D eigenvalue weighted by Crippen LogP contribution is 2.46. The smallest absolute Gasteiger partial charge is 0.0354 e. The fraction of sp³-hybridized carbons (Fsp3) is 0.625. The number of nitrogens with zero attached hydrogens (tertiary/aromatic N) is 1. The summed E-state index contributed by atoms with van der Waals surface area (Å²) >= 11 is 0. The van der Waals surface area contributed by atoms with E-state index in [-0.39, 0.29) is 0 Å². The van der Waals surface area contributed by atoms with Crippen molar-refractivity contribution in [2.45, 2.75) is 45.6 Å². The van der Waals surface area contributed by atoms with Crippen LogP contribution in [0.15, 0.2) is 18.2 Å². The third-order valence-electron chi connectivity index (χ3n) is 5.23. The first-order valence-electron chi connectivity index (χ1n) is 7.30. The maximum atomic E-state index is 5.87. The molecular formula is C16H24N2. The van der Waals surface area contributed by atoms with Crippen molar-refractivity contribution in [3.8, 4) is 0 Å². The van der Waals surface area contributed by atoms with Crippen LogP contribution in [-0.2, 0) is 6.42 Å². The molecule has 1 aromatic carbocycles. The number of rotatable bonds is 3. The van der Waals surface area contributed by atoms with Gasteiger partial charge in [0.15, 0.2) is 0 Å². The van der Waals surface area contributed by atoms with Crippen molar-refractivity contribution in [1.29, 1.82) is 0 Å². The number of likely N-dealkylation sites (tertiary alicyclic amines) is 1. The minimum Gasteiger partial charge on any atom is -0.399 e. The fourth-order valence-electron chi connectivity index (χ4n) is 3.73. The Hall–Kier alpha value is -1.02. The molecule has 18 heavy (non-hydrogen) atoms. The van der Waals surface area contributed by atoms with Gasteiger partial charge in [0, 0.05) is 24.8 Å². The normalized spacial score (nSPS) is 25.8. The van der Waals surface area contributed by atoms with Crippen molar-refractivity contribution >= 4 is 5.69 Å². The molecule has 2 N–H and O–H groups in total. The molecule has 2 nitrogen and oxygen atoms in total. The molecule has 1 saturated heterocycles. The summed E-state index contributed by atoms with van der Waals surface area (Å²) in [7, 11) is 0. The number of benzene rings is 1. The second-order valence-corrected chi connectivity index (χ2v) is 6.12. The van der Waals surface area contributed by atoms with Gasteiger partial charge >= 0.3 is 0 Å². The predicted molar refractivity (Wildman–Crippen MR) is 76.5 cm³/mol. The summed E-state index contributed by atoms with van der Waals surface area (Å²) in [4.78, 5) is 2.68. The molecule has 98 valence electrons. The lowest BCUT2D eigenvalue weighted by atomic mass is 9.74. The van der Waals surface area contributed by atoms with Crippen LogP contribution in [0.4, 0.5) is 5.69 Å². The quantitative estimate of drug-likeness (QED) is 0.826. The SMILES string of the molecule is CCC1(CC)CN(C2CCc3cc(N)ccc32)C1. The predicted octanol–water partition coefficient (Wildman–Crippen LogP) is 3.38. The van der Waals surface area contributed by atoms with Gasteiger partial charge in [0.25, 0.3) is 0 Å². The summed E-state index contributed by atoms with van der Waals surface area (Å²) in [6.45, 7) is 7.25. The van der Waals surface area contributed by atoms with Gasteiger partial charge in [0.1, 0.15) is 0 Å². The largest absolute Gasteiger partial charge is 0.399 e. The van der Waals surface area contributed by atoms with E-state index >= 15 is 0 Å². The number of aryl methyl sites for hydroxylation is 1. The minimum atomic E-state index is 0.608. The molecule has 1 aromatic rings. The molecule has 1 heterocycles. The van der Waals surface area contributed by atoms with E-state index in [2.05, 4.69) is 36.9 Å². The molecule has 0 saturated carbocycles. The van der Waals surface area contributed by atoms with Gasteiger partial charge in [-0.15, -0.1) is 0 Å². The molecule has 1 aliphatic carbocycles. The van der Waals surface area contributed by atoms with Crippen LogP contribution in [-0.4, -0.2) is 18.0 Å². The average molecular weight is 244 g/mol. The highest BCUT2D eigenvalue weighted by molar-refractivity contribution is 5.47. The first-order chi connectivity index (χ1) is 8.67. The monoisotopic (exact) mass is 244 g/mol. The first kappa shape index (κ1) is 12.0. The lowest BCUT2D eigenvalue weighted by Gasteiger charge is -2.52.